The van der Waals surface area contributed by atoms with Gasteiger partial charge >= 0.3 is 0 Å². The molecule has 1 amide bonds. The second-order valence-corrected chi connectivity index (χ2v) is 6.56. The number of carbonyl (C=O) groups excluding carboxylic acids is 1. The molecule has 2 aliphatic heterocycles. The van der Waals surface area contributed by atoms with Gasteiger partial charge in [0.15, 0.2) is 0 Å². The number of nitrogens with one attached hydrogen (secondary N) is 1. The van der Waals surface area contributed by atoms with Crippen LogP contribution in [0.3, 0.4) is 0 Å². The average Bonchev–Trinajstić information content (AvgIpc) is 3.09. The number of hydrogen-bond acceptors (Lipinski definition) is 4. The highest BCUT2D eigenvalue weighted by atomic mass is 16.5. The molecule has 0 bridgehead atoms. The quantitative estimate of drug-likeness (QED) is 0.873. The zero-order chi connectivity index (χ0) is 15.9. The van der Waals surface area contributed by atoms with Crippen molar-refractivity contribution in [3.8, 4) is 0 Å². The first-order chi connectivity index (χ1) is 11.3. The van der Waals surface area contributed by atoms with Crippen molar-refractivity contribution in [2.75, 3.05) is 19.7 Å². The van der Waals surface area contributed by atoms with Gasteiger partial charge in [-0.1, -0.05) is 12.5 Å². The van der Waals surface area contributed by atoms with Gasteiger partial charge in [-0.3, -0.25) is 14.7 Å². The van der Waals surface area contributed by atoms with Gasteiger partial charge in [-0.25, -0.2) is 0 Å². The Morgan fingerprint density at radius 3 is 3.09 bits per heavy atom. The third-order valence-corrected chi connectivity index (χ3v) is 4.81. The molecule has 126 valence electrons. The van der Waals surface area contributed by atoms with E-state index in [1.807, 2.05) is 12.3 Å². The molecule has 0 spiro atoms. The Labute approximate surface area is 138 Å². The van der Waals surface area contributed by atoms with Crippen LogP contribution < -0.4 is 5.32 Å². The summed E-state index contributed by atoms with van der Waals surface area (Å²) in [5.74, 6) is 0.173. The zero-order valence-corrected chi connectivity index (χ0v) is 13.7. The van der Waals surface area contributed by atoms with Crippen LogP contribution in [0.4, 0.5) is 0 Å². The number of piperidine rings is 1. The fourth-order valence-electron chi connectivity index (χ4n) is 3.55. The van der Waals surface area contributed by atoms with E-state index in [1.165, 1.54) is 12.0 Å². The van der Waals surface area contributed by atoms with Crippen LogP contribution in [-0.2, 0) is 16.1 Å². The topological polar surface area (TPSA) is 54.5 Å². The maximum absolute atomic E-state index is 12.6. The van der Waals surface area contributed by atoms with Crippen LogP contribution >= 0.6 is 0 Å². The lowest BCUT2D eigenvalue weighted by Gasteiger charge is -2.34. The van der Waals surface area contributed by atoms with Gasteiger partial charge in [-0.15, -0.1) is 0 Å². The van der Waals surface area contributed by atoms with E-state index in [0.29, 0.717) is 6.10 Å². The van der Waals surface area contributed by atoms with Crippen molar-refractivity contribution in [2.24, 2.45) is 0 Å². The first kappa shape index (κ1) is 16.4. The number of carbonyl (C=O) groups is 1. The summed E-state index contributed by atoms with van der Waals surface area (Å²) in [6, 6.07) is 4.03. The number of nitrogens with zero attached hydrogens (tertiary/aromatic N) is 2. The zero-order valence-electron chi connectivity index (χ0n) is 13.7. The molecule has 0 unspecified atom stereocenters. The van der Waals surface area contributed by atoms with Crippen molar-refractivity contribution in [1.82, 2.24) is 15.2 Å². The fourth-order valence-corrected chi connectivity index (χ4v) is 3.55. The van der Waals surface area contributed by atoms with Crippen molar-refractivity contribution in [2.45, 2.75) is 57.2 Å². The second-order valence-electron chi connectivity index (χ2n) is 6.56. The molecule has 5 heteroatoms. The summed E-state index contributed by atoms with van der Waals surface area (Å²) in [7, 11) is 0. The minimum atomic E-state index is -0.00606. The van der Waals surface area contributed by atoms with Crippen molar-refractivity contribution >= 4 is 5.91 Å². The van der Waals surface area contributed by atoms with Crippen LogP contribution in [0, 0.1) is 0 Å². The van der Waals surface area contributed by atoms with Crippen LogP contribution in [0.2, 0.25) is 0 Å². The first-order valence-electron chi connectivity index (χ1n) is 8.85. The summed E-state index contributed by atoms with van der Waals surface area (Å²) in [6.45, 7) is 3.39. The number of likely N-dealkylation sites (tertiary alicyclic amines) is 1. The second kappa shape index (κ2) is 8.41. The molecular weight excluding hydrogens is 290 g/mol. The van der Waals surface area contributed by atoms with Gasteiger partial charge in [0, 0.05) is 32.1 Å². The van der Waals surface area contributed by atoms with E-state index >= 15 is 0 Å². The number of ether oxygens (including phenoxy) is 1. The van der Waals surface area contributed by atoms with Gasteiger partial charge in [-0.2, -0.15) is 0 Å². The van der Waals surface area contributed by atoms with E-state index in [2.05, 4.69) is 21.3 Å². The van der Waals surface area contributed by atoms with E-state index in [1.54, 1.807) is 6.20 Å². The number of pyridine rings is 1. The standard InChI is InChI=1S/C18H27N3O2/c22-18(20-10-8-16-6-4-12-23-16)17-7-1-2-11-21(17)14-15-5-3-9-19-13-15/h3,5,9,13,16-17H,1-2,4,6-8,10-12,14H2,(H,20,22)/t16-,17-/m1/s1. The summed E-state index contributed by atoms with van der Waals surface area (Å²) in [6.07, 6.45) is 10.5. The van der Waals surface area contributed by atoms with Crippen molar-refractivity contribution in [3.05, 3.63) is 30.1 Å². The van der Waals surface area contributed by atoms with Gasteiger partial charge in [0.1, 0.15) is 0 Å². The first-order valence-corrected chi connectivity index (χ1v) is 8.85. The summed E-state index contributed by atoms with van der Waals surface area (Å²) in [5.41, 5.74) is 1.17. The minimum Gasteiger partial charge on any atom is -0.378 e. The molecule has 3 heterocycles. The Bertz CT molecular complexity index is 488. The average molecular weight is 317 g/mol. The van der Waals surface area contributed by atoms with Crippen molar-refractivity contribution in [3.63, 3.8) is 0 Å². The molecule has 2 fully saturated rings. The predicted octanol–water partition coefficient (Wildman–Crippen LogP) is 2.12. The van der Waals surface area contributed by atoms with Crippen molar-refractivity contribution < 1.29 is 9.53 Å². The van der Waals surface area contributed by atoms with Gasteiger partial charge in [0.2, 0.25) is 5.91 Å². The number of hydrogen-bond donors (Lipinski definition) is 1. The maximum Gasteiger partial charge on any atom is 0.237 e. The normalized spacial score (nSPS) is 25.4. The molecule has 2 aliphatic rings. The third kappa shape index (κ3) is 4.75. The summed E-state index contributed by atoms with van der Waals surface area (Å²) >= 11 is 0. The molecule has 0 aliphatic carbocycles. The third-order valence-electron chi connectivity index (χ3n) is 4.81. The number of aromatic nitrogens is 1. The molecule has 1 aromatic heterocycles. The van der Waals surface area contributed by atoms with Crippen LogP contribution in [0.25, 0.3) is 0 Å². The molecule has 1 N–H and O–H groups in total. The summed E-state index contributed by atoms with van der Waals surface area (Å²) < 4.78 is 5.61. The highest BCUT2D eigenvalue weighted by molar-refractivity contribution is 5.81. The van der Waals surface area contributed by atoms with Crippen LogP contribution in [0.15, 0.2) is 24.5 Å². The molecular formula is C18H27N3O2. The Morgan fingerprint density at radius 2 is 2.30 bits per heavy atom. The molecule has 0 radical (unpaired) electrons. The largest absolute Gasteiger partial charge is 0.378 e. The van der Waals surface area contributed by atoms with Gasteiger partial charge in [0.05, 0.1) is 12.1 Å². The smallest absolute Gasteiger partial charge is 0.237 e. The Morgan fingerprint density at radius 1 is 1.35 bits per heavy atom. The summed E-state index contributed by atoms with van der Waals surface area (Å²) in [5, 5.41) is 3.12. The Hall–Kier alpha value is -1.46. The lowest BCUT2D eigenvalue weighted by Crippen LogP contribution is -2.49. The van der Waals surface area contributed by atoms with E-state index < -0.39 is 0 Å². The lowest BCUT2D eigenvalue weighted by molar-refractivity contribution is -0.128. The molecule has 0 saturated carbocycles. The SMILES string of the molecule is O=C(NCC[C@H]1CCCO1)[C@H]1CCCCN1Cc1cccnc1. The van der Waals surface area contributed by atoms with Crippen LogP contribution in [-0.4, -0.2) is 47.6 Å². The van der Waals surface area contributed by atoms with Gasteiger partial charge in [-0.05, 0) is 50.3 Å². The van der Waals surface area contributed by atoms with Crippen LogP contribution in [0.1, 0.15) is 44.1 Å². The molecule has 5 nitrogen and oxygen atoms in total. The number of rotatable bonds is 6. The molecule has 23 heavy (non-hydrogen) atoms. The molecule has 3 rings (SSSR count). The number of amides is 1. The Balaban J connectivity index is 1.49. The Kier molecular flexibility index (Phi) is 6.00. The van der Waals surface area contributed by atoms with E-state index in [0.717, 1.165) is 58.3 Å². The van der Waals surface area contributed by atoms with E-state index in [-0.39, 0.29) is 11.9 Å². The predicted molar refractivity (Wildman–Crippen MR) is 88.9 cm³/mol. The van der Waals surface area contributed by atoms with Gasteiger partial charge in [0.25, 0.3) is 0 Å². The highest BCUT2D eigenvalue weighted by Crippen LogP contribution is 2.20. The highest BCUT2D eigenvalue weighted by Gasteiger charge is 2.28. The van der Waals surface area contributed by atoms with E-state index in [4.69, 9.17) is 4.74 Å². The lowest BCUT2D eigenvalue weighted by atomic mass is 10.0. The molecule has 0 aromatic carbocycles. The van der Waals surface area contributed by atoms with Crippen LogP contribution in [0.5, 0.6) is 0 Å². The molecule has 1 aromatic rings. The molecule has 2 atom stereocenters. The maximum atomic E-state index is 12.6. The monoisotopic (exact) mass is 317 g/mol. The van der Waals surface area contributed by atoms with E-state index in [9.17, 15) is 4.79 Å². The van der Waals surface area contributed by atoms with Crippen molar-refractivity contribution in [1.29, 1.82) is 0 Å². The molecule has 2 saturated heterocycles. The van der Waals surface area contributed by atoms with Gasteiger partial charge < -0.3 is 10.1 Å². The minimum absolute atomic E-state index is 0.00606. The summed E-state index contributed by atoms with van der Waals surface area (Å²) in [4.78, 5) is 19.0. The fraction of sp³-hybridized carbons (Fsp3) is 0.667.